The molecule has 19 heavy (non-hydrogen) atoms. The second kappa shape index (κ2) is 5.91. The molecule has 1 saturated carbocycles. The predicted molar refractivity (Wildman–Crippen MR) is 81.4 cm³/mol. The molecule has 2 atom stereocenters. The van der Waals surface area contributed by atoms with Crippen LogP contribution in [0.1, 0.15) is 49.6 Å². The van der Waals surface area contributed by atoms with E-state index in [1.807, 2.05) is 0 Å². The van der Waals surface area contributed by atoms with Crippen molar-refractivity contribution in [2.45, 2.75) is 59.0 Å². The number of aromatic nitrogens is 1. The van der Waals surface area contributed by atoms with Crippen LogP contribution < -0.4 is 10.6 Å². The molecule has 2 unspecified atom stereocenters. The van der Waals surface area contributed by atoms with Crippen LogP contribution in [0, 0.1) is 19.8 Å². The molecule has 0 amide bonds. The minimum atomic E-state index is 0.569. The van der Waals surface area contributed by atoms with Crippen LogP contribution in [0.3, 0.4) is 0 Å². The van der Waals surface area contributed by atoms with Crippen molar-refractivity contribution in [1.82, 2.24) is 4.98 Å². The van der Waals surface area contributed by atoms with E-state index in [0.29, 0.717) is 12.6 Å². The third-order valence-corrected chi connectivity index (χ3v) is 4.58. The fraction of sp³-hybridized carbons (Fsp3) is 0.688. The van der Waals surface area contributed by atoms with E-state index in [-0.39, 0.29) is 0 Å². The molecule has 3 heteroatoms. The van der Waals surface area contributed by atoms with Crippen molar-refractivity contribution >= 4 is 5.69 Å². The SMILES string of the molecule is Cc1cc(N(C)C2CCCCC2C)c(CN)c(C)n1. The lowest BCUT2D eigenvalue weighted by molar-refractivity contribution is 0.321. The molecule has 3 nitrogen and oxygen atoms in total. The highest BCUT2D eigenvalue weighted by molar-refractivity contribution is 5.56. The predicted octanol–water partition coefficient (Wildman–Crippen LogP) is 3.17. The zero-order valence-electron chi connectivity index (χ0n) is 12.7. The van der Waals surface area contributed by atoms with Crippen LogP contribution in [0.15, 0.2) is 6.07 Å². The van der Waals surface area contributed by atoms with E-state index in [4.69, 9.17) is 5.73 Å². The molecule has 0 spiro atoms. The standard InChI is InChI=1S/C16H27N3/c1-11-7-5-6-8-15(11)19(4)16-9-12(2)18-13(3)14(16)10-17/h9,11,15H,5-8,10,17H2,1-4H3. The van der Waals surface area contributed by atoms with Gasteiger partial charge >= 0.3 is 0 Å². The van der Waals surface area contributed by atoms with E-state index in [0.717, 1.165) is 17.3 Å². The monoisotopic (exact) mass is 261 g/mol. The van der Waals surface area contributed by atoms with Crippen molar-refractivity contribution < 1.29 is 0 Å². The Morgan fingerprint density at radius 2 is 2.00 bits per heavy atom. The van der Waals surface area contributed by atoms with Crippen LogP contribution in [0.4, 0.5) is 5.69 Å². The summed E-state index contributed by atoms with van der Waals surface area (Å²) < 4.78 is 0. The van der Waals surface area contributed by atoms with Gasteiger partial charge < -0.3 is 10.6 Å². The van der Waals surface area contributed by atoms with Crippen molar-refractivity contribution in [3.63, 3.8) is 0 Å². The maximum atomic E-state index is 5.94. The Bertz CT molecular complexity index is 442. The number of anilines is 1. The third kappa shape index (κ3) is 2.92. The molecule has 1 heterocycles. The van der Waals surface area contributed by atoms with Gasteiger partial charge in [-0.2, -0.15) is 0 Å². The van der Waals surface area contributed by atoms with E-state index in [9.17, 15) is 0 Å². The summed E-state index contributed by atoms with van der Waals surface area (Å²) >= 11 is 0. The lowest BCUT2D eigenvalue weighted by atomic mass is 9.84. The van der Waals surface area contributed by atoms with Crippen molar-refractivity contribution in [1.29, 1.82) is 0 Å². The Labute approximate surface area is 117 Å². The lowest BCUT2D eigenvalue weighted by Crippen LogP contribution is -2.39. The van der Waals surface area contributed by atoms with E-state index >= 15 is 0 Å². The van der Waals surface area contributed by atoms with Gasteiger partial charge in [-0.1, -0.05) is 19.8 Å². The molecule has 2 rings (SSSR count). The number of nitrogens with zero attached hydrogens (tertiary/aromatic N) is 2. The molecule has 0 aromatic carbocycles. The fourth-order valence-electron chi connectivity index (χ4n) is 3.45. The van der Waals surface area contributed by atoms with E-state index in [2.05, 4.69) is 43.8 Å². The second-order valence-corrected chi connectivity index (χ2v) is 5.99. The molecule has 1 fully saturated rings. The zero-order valence-corrected chi connectivity index (χ0v) is 12.7. The van der Waals surface area contributed by atoms with Gasteiger partial charge in [0.15, 0.2) is 0 Å². The Morgan fingerprint density at radius 1 is 1.32 bits per heavy atom. The molecule has 0 radical (unpaired) electrons. The summed E-state index contributed by atoms with van der Waals surface area (Å²) in [5, 5.41) is 0. The molecule has 1 aliphatic rings. The van der Waals surface area contributed by atoms with Crippen LogP contribution >= 0.6 is 0 Å². The summed E-state index contributed by atoms with van der Waals surface area (Å²) in [6.45, 7) is 7.08. The molecule has 106 valence electrons. The number of aryl methyl sites for hydroxylation is 2. The first-order chi connectivity index (χ1) is 9.04. The van der Waals surface area contributed by atoms with Gasteiger partial charge in [0, 0.05) is 42.3 Å². The Morgan fingerprint density at radius 3 is 2.63 bits per heavy atom. The highest BCUT2D eigenvalue weighted by atomic mass is 15.1. The maximum Gasteiger partial charge on any atom is 0.0448 e. The van der Waals surface area contributed by atoms with Gasteiger partial charge in [-0.05, 0) is 38.7 Å². The highest BCUT2D eigenvalue weighted by Gasteiger charge is 2.26. The van der Waals surface area contributed by atoms with Crippen molar-refractivity contribution in [2.75, 3.05) is 11.9 Å². The third-order valence-electron chi connectivity index (χ3n) is 4.58. The molecular weight excluding hydrogens is 234 g/mol. The van der Waals surface area contributed by atoms with Gasteiger partial charge in [0.25, 0.3) is 0 Å². The Balaban J connectivity index is 2.34. The van der Waals surface area contributed by atoms with Crippen molar-refractivity contribution in [3.8, 4) is 0 Å². The Hall–Kier alpha value is -1.09. The Kier molecular flexibility index (Phi) is 4.46. The molecule has 1 aliphatic carbocycles. The van der Waals surface area contributed by atoms with Crippen LogP contribution in [0.25, 0.3) is 0 Å². The van der Waals surface area contributed by atoms with E-state index in [1.165, 1.54) is 36.9 Å². The topological polar surface area (TPSA) is 42.1 Å². The summed E-state index contributed by atoms with van der Waals surface area (Å²) in [6.07, 6.45) is 5.36. The van der Waals surface area contributed by atoms with Gasteiger partial charge in [0.05, 0.1) is 0 Å². The number of pyridine rings is 1. The molecular formula is C16H27N3. The minimum absolute atomic E-state index is 0.569. The van der Waals surface area contributed by atoms with Gasteiger partial charge in [-0.3, -0.25) is 4.98 Å². The quantitative estimate of drug-likeness (QED) is 0.908. The van der Waals surface area contributed by atoms with Crippen LogP contribution in [-0.2, 0) is 6.54 Å². The minimum Gasteiger partial charge on any atom is -0.371 e. The number of nitrogens with two attached hydrogens (primary N) is 1. The number of rotatable bonds is 3. The summed E-state index contributed by atoms with van der Waals surface area (Å²) in [6, 6.07) is 2.83. The molecule has 0 aliphatic heterocycles. The van der Waals surface area contributed by atoms with Gasteiger partial charge in [0.1, 0.15) is 0 Å². The van der Waals surface area contributed by atoms with E-state index in [1.54, 1.807) is 0 Å². The average molecular weight is 261 g/mol. The normalized spacial score (nSPS) is 23.4. The first-order valence-electron chi connectivity index (χ1n) is 7.44. The summed E-state index contributed by atoms with van der Waals surface area (Å²) in [5.41, 5.74) is 10.6. The lowest BCUT2D eigenvalue weighted by Gasteiger charge is -2.38. The van der Waals surface area contributed by atoms with Gasteiger partial charge in [0.2, 0.25) is 0 Å². The van der Waals surface area contributed by atoms with Gasteiger partial charge in [-0.15, -0.1) is 0 Å². The van der Waals surface area contributed by atoms with Crippen molar-refractivity contribution in [3.05, 3.63) is 23.0 Å². The van der Waals surface area contributed by atoms with E-state index < -0.39 is 0 Å². The number of hydrogen-bond donors (Lipinski definition) is 1. The van der Waals surface area contributed by atoms with Gasteiger partial charge in [-0.25, -0.2) is 0 Å². The molecule has 0 saturated heterocycles. The fourth-order valence-corrected chi connectivity index (χ4v) is 3.45. The highest BCUT2D eigenvalue weighted by Crippen LogP contribution is 2.32. The molecule has 1 aromatic rings. The molecule has 0 bridgehead atoms. The van der Waals surface area contributed by atoms with Crippen LogP contribution in [-0.4, -0.2) is 18.1 Å². The number of hydrogen-bond acceptors (Lipinski definition) is 3. The summed E-state index contributed by atoms with van der Waals surface area (Å²) in [4.78, 5) is 7.00. The average Bonchev–Trinajstić information content (AvgIpc) is 2.37. The smallest absolute Gasteiger partial charge is 0.0448 e. The molecule has 2 N–H and O–H groups in total. The summed E-state index contributed by atoms with van der Waals surface area (Å²) in [5.74, 6) is 0.762. The largest absolute Gasteiger partial charge is 0.371 e. The van der Waals surface area contributed by atoms with Crippen LogP contribution in [0.2, 0.25) is 0 Å². The van der Waals surface area contributed by atoms with Crippen molar-refractivity contribution in [2.24, 2.45) is 11.7 Å². The second-order valence-electron chi connectivity index (χ2n) is 5.99. The zero-order chi connectivity index (χ0) is 14.0. The molecule has 1 aromatic heterocycles. The van der Waals surface area contributed by atoms with Crippen LogP contribution in [0.5, 0.6) is 0 Å². The first-order valence-corrected chi connectivity index (χ1v) is 7.44. The first kappa shape index (κ1) is 14.3. The summed E-state index contributed by atoms with van der Waals surface area (Å²) in [7, 11) is 2.22. The maximum absolute atomic E-state index is 5.94.